The molecule has 0 aromatic heterocycles. The second-order valence-corrected chi connectivity index (χ2v) is 5.18. The van der Waals surface area contributed by atoms with E-state index < -0.39 is 0 Å². The number of nitrogens with one attached hydrogen (secondary N) is 1. The van der Waals surface area contributed by atoms with Crippen LogP contribution in [0.5, 0.6) is 0 Å². The third-order valence-electron chi connectivity index (χ3n) is 4.00. The van der Waals surface area contributed by atoms with Crippen molar-refractivity contribution >= 4 is 0 Å². The molecular formula is C14H18FNO2. The number of benzene rings is 1. The third kappa shape index (κ3) is 1.85. The molecular weight excluding hydrogens is 233 g/mol. The van der Waals surface area contributed by atoms with Crippen molar-refractivity contribution in [3.8, 4) is 0 Å². The number of rotatable bonds is 2. The Balaban J connectivity index is 1.92. The molecule has 2 aliphatic rings. The molecule has 0 aliphatic carbocycles. The summed E-state index contributed by atoms with van der Waals surface area (Å²) in [7, 11) is 0. The van der Waals surface area contributed by atoms with Gasteiger partial charge < -0.3 is 14.8 Å². The van der Waals surface area contributed by atoms with E-state index >= 15 is 0 Å². The largest absolute Gasteiger partial charge is 0.379 e. The summed E-state index contributed by atoms with van der Waals surface area (Å²) in [5.41, 5.74) is 1.70. The Morgan fingerprint density at radius 2 is 2.22 bits per heavy atom. The van der Waals surface area contributed by atoms with Crippen LogP contribution in [0, 0.1) is 12.7 Å². The van der Waals surface area contributed by atoms with Gasteiger partial charge in [0.25, 0.3) is 0 Å². The van der Waals surface area contributed by atoms with E-state index in [0.717, 1.165) is 25.3 Å². The lowest BCUT2D eigenvalue weighted by Crippen LogP contribution is -2.61. The second-order valence-electron chi connectivity index (χ2n) is 5.18. The molecule has 18 heavy (non-hydrogen) atoms. The van der Waals surface area contributed by atoms with Gasteiger partial charge in [0, 0.05) is 13.1 Å². The topological polar surface area (TPSA) is 30.5 Å². The standard InChI is InChI=1S/C14H18FNO2/c1-10-6-11(2-3-12(10)15)14(8-17-9-14)13-7-16-4-5-18-13/h2-3,6,13,16H,4-5,7-9H2,1H3. The Morgan fingerprint density at radius 1 is 1.39 bits per heavy atom. The Labute approximate surface area is 106 Å². The molecule has 0 amide bonds. The lowest BCUT2D eigenvalue weighted by Gasteiger charge is -2.48. The molecule has 1 N–H and O–H groups in total. The zero-order valence-corrected chi connectivity index (χ0v) is 10.5. The van der Waals surface area contributed by atoms with Gasteiger partial charge in [0.2, 0.25) is 0 Å². The predicted octanol–water partition coefficient (Wildman–Crippen LogP) is 1.39. The van der Waals surface area contributed by atoms with Crippen molar-refractivity contribution in [1.29, 1.82) is 0 Å². The highest BCUT2D eigenvalue weighted by atomic mass is 19.1. The maximum absolute atomic E-state index is 13.4. The van der Waals surface area contributed by atoms with Crippen molar-refractivity contribution < 1.29 is 13.9 Å². The average molecular weight is 251 g/mol. The summed E-state index contributed by atoms with van der Waals surface area (Å²) in [4.78, 5) is 0. The molecule has 1 atom stereocenters. The monoisotopic (exact) mass is 251 g/mol. The predicted molar refractivity (Wildman–Crippen MR) is 66.2 cm³/mol. The molecule has 2 fully saturated rings. The molecule has 1 aromatic carbocycles. The molecule has 2 heterocycles. The minimum atomic E-state index is -0.156. The summed E-state index contributed by atoms with van der Waals surface area (Å²) < 4.78 is 24.7. The van der Waals surface area contributed by atoms with Gasteiger partial charge in [-0.1, -0.05) is 12.1 Å². The van der Waals surface area contributed by atoms with E-state index in [1.807, 2.05) is 12.1 Å². The lowest BCUT2D eigenvalue weighted by atomic mass is 9.73. The van der Waals surface area contributed by atoms with Gasteiger partial charge in [0.15, 0.2) is 0 Å². The van der Waals surface area contributed by atoms with Crippen LogP contribution >= 0.6 is 0 Å². The summed E-state index contributed by atoms with van der Waals surface area (Å²) in [6.07, 6.45) is 0.116. The van der Waals surface area contributed by atoms with Gasteiger partial charge in [0.1, 0.15) is 5.82 Å². The number of morpholine rings is 1. The number of ether oxygens (including phenoxy) is 2. The maximum Gasteiger partial charge on any atom is 0.126 e. The molecule has 3 rings (SSSR count). The first-order valence-electron chi connectivity index (χ1n) is 6.39. The summed E-state index contributed by atoms with van der Waals surface area (Å²) in [6.45, 7) is 5.57. The van der Waals surface area contributed by atoms with E-state index in [4.69, 9.17) is 9.47 Å². The minimum Gasteiger partial charge on any atom is -0.379 e. The smallest absolute Gasteiger partial charge is 0.126 e. The molecule has 1 unspecified atom stereocenters. The van der Waals surface area contributed by atoms with Crippen molar-refractivity contribution in [2.75, 3.05) is 32.9 Å². The van der Waals surface area contributed by atoms with Crippen LogP contribution < -0.4 is 5.32 Å². The number of hydrogen-bond acceptors (Lipinski definition) is 3. The highest BCUT2D eigenvalue weighted by Gasteiger charge is 2.48. The molecule has 1 aromatic rings. The van der Waals surface area contributed by atoms with Crippen molar-refractivity contribution in [2.45, 2.75) is 18.4 Å². The van der Waals surface area contributed by atoms with Gasteiger partial charge in [-0.2, -0.15) is 0 Å². The van der Waals surface area contributed by atoms with E-state index in [2.05, 4.69) is 5.32 Å². The van der Waals surface area contributed by atoms with Crippen LogP contribution in [-0.2, 0) is 14.9 Å². The zero-order chi connectivity index (χ0) is 12.6. The van der Waals surface area contributed by atoms with Gasteiger partial charge in [-0.05, 0) is 24.1 Å². The van der Waals surface area contributed by atoms with E-state index in [1.165, 1.54) is 0 Å². The van der Waals surface area contributed by atoms with Crippen LogP contribution in [0.25, 0.3) is 0 Å². The second kappa shape index (κ2) is 4.61. The van der Waals surface area contributed by atoms with Crippen molar-refractivity contribution in [3.63, 3.8) is 0 Å². The summed E-state index contributed by atoms with van der Waals surface area (Å²) in [6, 6.07) is 5.33. The first-order valence-corrected chi connectivity index (χ1v) is 6.39. The molecule has 0 radical (unpaired) electrons. The Hall–Kier alpha value is -0.970. The van der Waals surface area contributed by atoms with E-state index in [-0.39, 0.29) is 17.3 Å². The van der Waals surface area contributed by atoms with E-state index in [9.17, 15) is 4.39 Å². The van der Waals surface area contributed by atoms with Gasteiger partial charge in [-0.15, -0.1) is 0 Å². The molecule has 0 bridgehead atoms. The fraction of sp³-hybridized carbons (Fsp3) is 0.571. The van der Waals surface area contributed by atoms with Crippen molar-refractivity contribution in [1.82, 2.24) is 5.32 Å². The third-order valence-corrected chi connectivity index (χ3v) is 4.00. The Morgan fingerprint density at radius 3 is 2.78 bits per heavy atom. The number of halogens is 1. The molecule has 98 valence electrons. The molecule has 3 nitrogen and oxygen atoms in total. The van der Waals surface area contributed by atoms with Gasteiger partial charge >= 0.3 is 0 Å². The average Bonchev–Trinajstić information content (AvgIpc) is 2.34. The first kappa shape index (κ1) is 12.1. The highest BCUT2D eigenvalue weighted by Crippen LogP contribution is 2.38. The fourth-order valence-electron chi connectivity index (χ4n) is 2.74. The number of aryl methyl sites for hydroxylation is 1. The van der Waals surface area contributed by atoms with Crippen LogP contribution in [0.3, 0.4) is 0 Å². The van der Waals surface area contributed by atoms with Crippen LogP contribution in [-0.4, -0.2) is 39.0 Å². The van der Waals surface area contributed by atoms with Crippen LogP contribution in [0.15, 0.2) is 18.2 Å². The van der Waals surface area contributed by atoms with E-state index in [0.29, 0.717) is 18.8 Å². The molecule has 0 saturated carbocycles. The highest BCUT2D eigenvalue weighted by molar-refractivity contribution is 5.34. The Bertz CT molecular complexity index is 439. The van der Waals surface area contributed by atoms with E-state index in [1.54, 1.807) is 13.0 Å². The molecule has 2 aliphatic heterocycles. The van der Waals surface area contributed by atoms with Gasteiger partial charge in [-0.25, -0.2) is 4.39 Å². The maximum atomic E-state index is 13.4. The van der Waals surface area contributed by atoms with Crippen molar-refractivity contribution in [3.05, 3.63) is 35.1 Å². The summed E-state index contributed by atoms with van der Waals surface area (Å²) in [5.74, 6) is -0.156. The first-order chi connectivity index (χ1) is 8.72. The Kier molecular flexibility index (Phi) is 3.09. The van der Waals surface area contributed by atoms with Crippen LogP contribution in [0.1, 0.15) is 11.1 Å². The molecule has 0 spiro atoms. The molecule has 2 saturated heterocycles. The summed E-state index contributed by atoms with van der Waals surface area (Å²) in [5, 5.41) is 3.35. The quantitative estimate of drug-likeness (QED) is 0.861. The fourth-order valence-corrected chi connectivity index (χ4v) is 2.74. The van der Waals surface area contributed by atoms with Crippen LogP contribution in [0.4, 0.5) is 4.39 Å². The normalized spacial score (nSPS) is 26.7. The minimum absolute atomic E-state index is 0.105. The number of hydrogen-bond donors (Lipinski definition) is 1. The van der Waals surface area contributed by atoms with Gasteiger partial charge in [-0.3, -0.25) is 0 Å². The van der Waals surface area contributed by atoms with Crippen LogP contribution in [0.2, 0.25) is 0 Å². The van der Waals surface area contributed by atoms with Gasteiger partial charge in [0.05, 0.1) is 31.3 Å². The summed E-state index contributed by atoms with van der Waals surface area (Å²) >= 11 is 0. The van der Waals surface area contributed by atoms with Crippen molar-refractivity contribution in [2.24, 2.45) is 0 Å². The molecule has 4 heteroatoms. The SMILES string of the molecule is Cc1cc(C2(C3CNCCO3)COC2)ccc1F. The zero-order valence-electron chi connectivity index (χ0n) is 10.5. The lowest BCUT2D eigenvalue weighted by molar-refractivity contribution is -0.146.